The summed E-state index contributed by atoms with van der Waals surface area (Å²) in [6.45, 7) is 5.94. The minimum Gasteiger partial charge on any atom is -0.316 e. The molecule has 4 nitrogen and oxygen atoms in total. The third-order valence-electron chi connectivity index (χ3n) is 5.34. The zero-order valence-corrected chi connectivity index (χ0v) is 13.3. The van der Waals surface area contributed by atoms with Gasteiger partial charge in [-0.3, -0.25) is 4.79 Å². The molecule has 3 atom stereocenters. The monoisotopic (exact) mass is 313 g/mol. The van der Waals surface area contributed by atoms with E-state index in [9.17, 15) is 9.18 Å². The summed E-state index contributed by atoms with van der Waals surface area (Å²) >= 11 is 0. The van der Waals surface area contributed by atoms with Gasteiger partial charge in [-0.1, -0.05) is 26.0 Å². The number of piperidine rings is 1. The molecule has 1 aliphatic heterocycles. The fourth-order valence-electron chi connectivity index (χ4n) is 4.12. The highest BCUT2D eigenvalue weighted by atomic mass is 19.1. The van der Waals surface area contributed by atoms with Gasteiger partial charge in [-0.2, -0.15) is 0 Å². The Bertz CT molecular complexity index is 779. The second-order valence-corrected chi connectivity index (χ2v) is 7.40. The number of ketones is 1. The maximum absolute atomic E-state index is 13.9. The fraction of sp³-hybridized carbons (Fsp3) is 0.500. The molecule has 5 heteroatoms. The Labute approximate surface area is 134 Å². The molecular formula is C18H20FN3O. The van der Waals surface area contributed by atoms with Gasteiger partial charge in [0.15, 0.2) is 0 Å². The Morgan fingerprint density at radius 2 is 2.04 bits per heavy atom. The number of carbonyl (C=O) groups excluding carboxylic acids is 1. The molecule has 1 saturated carbocycles. The van der Waals surface area contributed by atoms with Gasteiger partial charge in [0.25, 0.3) is 0 Å². The van der Waals surface area contributed by atoms with Gasteiger partial charge in [-0.05, 0) is 31.0 Å². The van der Waals surface area contributed by atoms with E-state index in [1.165, 1.54) is 12.4 Å². The van der Waals surface area contributed by atoms with Crippen LogP contribution in [0.1, 0.15) is 26.0 Å². The first-order valence-corrected chi connectivity index (χ1v) is 8.12. The first-order chi connectivity index (χ1) is 11.0. The Morgan fingerprint density at radius 1 is 1.30 bits per heavy atom. The molecule has 2 aliphatic rings. The first-order valence-electron chi connectivity index (χ1n) is 8.12. The molecule has 0 radical (unpaired) electrons. The van der Waals surface area contributed by atoms with Crippen molar-refractivity contribution in [2.75, 3.05) is 13.1 Å². The minimum atomic E-state index is -0.434. The second kappa shape index (κ2) is 5.06. The molecule has 1 saturated heterocycles. The normalized spacial score (nSPS) is 26.3. The van der Waals surface area contributed by atoms with E-state index in [0.29, 0.717) is 34.9 Å². The van der Waals surface area contributed by atoms with E-state index < -0.39 is 5.41 Å². The zero-order valence-electron chi connectivity index (χ0n) is 13.3. The lowest BCUT2D eigenvalue weighted by molar-refractivity contribution is -0.122. The van der Waals surface area contributed by atoms with Crippen molar-refractivity contribution in [1.29, 1.82) is 0 Å². The lowest BCUT2D eigenvalue weighted by Crippen LogP contribution is -2.27. The van der Waals surface area contributed by atoms with E-state index in [0.717, 1.165) is 18.8 Å². The van der Waals surface area contributed by atoms with Gasteiger partial charge < -0.3 is 5.32 Å². The van der Waals surface area contributed by atoms with Crippen LogP contribution >= 0.6 is 0 Å². The molecule has 1 aromatic carbocycles. The predicted molar refractivity (Wildman–Crippen MR) is 85.5 cm³/mol. The summed E-state index contributed by atoms with van der Waals surface area (Å²) in [7, 11) is 0. The summed E-state index contributed by atoms with van der Waals surface area (Å²) in [6, 6.07) is 4.89. The zero-order chi connectivity index (χ0) is 16.2. The number of fused-ring (bicyclic) bond motifs is 2. The number of nitrogens with one attached hydrogen (secondary N) is 1. The third kappa shape index (κ3) is 2.34. The topological polar surface area (TPSA) is 54.9 Å². The molecule has 0 bridgehead atoms. The molecule has 120 valence electrons. The summed E-state index contributed by atoms with van der Waals surface area (Å²) in [6.07, 6.45) is 1.83. The summed E-state index contributed by atoms with van der Waals surface area (Å²) in [5.41, 5.74) is 0.640. The fourth-order valence-corrected chi connectivity index (χ4v) is 4.12. The van der Waals surface area contributed by atoms with Crippen LogP contribution < -0.4 is 5.32 Å². The minimum absolute atomic E-state index is 0.209. The van der Waals surface area contributed by atoms with Crippen molar-refractivity contribution in [3.05, 3.63) is 36.0 Å². The van der Waals surface area contributed by atoms with Crippen molar-refractivity contribution in [2.45, 2.75) is 25.7 Å². The number of benzene rings is 1. The molecule has 4 rings (SSSR count). The van der Waals surface area contributed by atoms with Crippen LogP contribution in [0.25, 0.3) is 10.9 Å². The number of nitrogens with zero attached hydrogens (tertiary/aromatic N) is 2. The van der Waals surface area contributed by atoms with Crippen LogP contribution in [0.2, 0.25) is 0 Å². The first kappa shape index (κ1) is 14.7. The lowest BCUT2D eigenvalue weighted by atomic mass is 9.80. The van der Waals surface area contributed by atoms with Crippen molar-refractivity contribution in [3.8, 4) is 0 Å². The average Bonchev–Trinajstić information content (AvgIpc) is 3.00. The summed E-state index contributed by atoms with van der Waals surface area (Å²) in [4.78, 5) is 21.1. The molecule has 1 unspecified atom stereocenters. The van der Waals surface area contributed by atoms with Crippen molar-refractivity contribution in [1.82, 2.24) is 15.3 Å². The second-order valence-electron chi connectivity index (χ2n) is 7.40. The van der Waals surface area contributed by atoms with Crippen LogP contribution in [0.4, 0.5) is 4.39 Å². The molecular weight excluding hydrogens is 293 g/mol. The van der Waals surface area contributed by atoms with Crippen LogP contribution in [-0.4, -0.2) is 28.8 Å². The molecule has 23 heavy (non-hydrogen) atoms. The van der Waals surface area contributed by atoms with Gasteiger partial charge in [0.05, 0.1) is 5.69 Å². The quantitative estimate of drug-likeness (QED) is 0.942. The van der Waals surface area contributed by atoms with Gasteiger partial charge in [-0.25, -0.2) is 14.4 Å². The smallest absolute Gasteiger partial charge is 0.149 e. The molecule has 1 aromatic heterocycles. The van der Waals surface area contributed by atoms with E-state index in [1.807, 2.05) is 19.9 Å². The maximum atomic E-state index is 13.9. The number of hydrogen-bond acceptors (Lipinski definition) is 4. The summed E-state index contributed by atoms with van der Waals surface area (Å²) in [5.74, 6) is 1.22. The Morgan fingerprint density at radius 3 is 2.78 bits per heavy atom. The number of para-hydroxylation sites is 1. The van der Waals surface area contributed by atoms with E-state index in [2.05, 4.69) is 15.3 Å². The highest BCUT2D eigenvalue weighted by molar-refractivity contribution is 5.88. The van der Waals surface area contributed by atoms with Crippen LogP contribution in [0.3, 0.4) is 0 Å². The van der Waals surface area contributed by atoms with Gasteiger partial charge in [0.1, 0.15) is 23.4 Å². The third-order valence-corrected chi connectivity index (χ3v) is 5.34. The van der Waals surface area contributed by atoms with Crippen LogP contribution in [0.15, 0.2) is 24.5 Å². The van der Waals surface area contributed by atoms with E-state index in [4.69, 9.17) is 0 Å². The highest BCUT2D eigenvalue weighted by Crippen LogP contribution is 2.50. The van der Waals surface area contributed by atoms with E-state index in [1.54, 1.807) is 6.07 Å². The molecule has 0 amide bonds. The maximum Gasteiger partial charge on any atom is 0.149 e. The molecule has 1 N–H and O–H groups in total. The predicted octanol–water partition coefficient (Wildman–Crippen LogP) is 2.47. The van der Waals surface area contributed by atoms with E-state index in [-0.39, 0.29) is 11.7 Å². The number of aromatic nitrogens is 2. The van der Waals surface area contributed by atoms with Crippen molar-refractivity contribution in [2.24, 2.45) is 17.8 Å². The van der Waals surface area contributed by atoms with E-state index >= 15 is 0 Å². The molecule has 0 spiro atoms. The molecule has 2 aromatic rings. The number of carbonyl (C=O) groups is 1. The van der Waals surface area contributed by atoms with Gasteiger partial charge in [0, 0.05) is 23.1 Å². The standard InChI is InChI=1S/C18H20FN3O/c1-18(2,6-14(23)15-11-7-20-8-12(11)15)17-10-4-3-5-13(19)16(10)21-9-22-17/h3-5,9,11-12,15,20H,6-8H2,1-2H3/t11-,12+,15?. The van der Waals surface area contributed by atoms with Crippen molar-refractivity contribution >= 4 is 16.7 Å². The van der Waals surface area contributed by atoms with Crippen LogP contribution in [0, 0.1) is 23.6 Å². The number of hydrogen-bond donors (Lipinski definition) is 1. The van der Waals surface area contributed by atoms with Gasteiger partial charge in [0.2, 0.25) is 0 Å². The molecule has 2 fully saturated rings. The Balaban J connectivity index is 1.63. The average molecular weight is 313 g/mol. The number of Topliss-reactive ketones (excluding diaryl/α,β-unsaturated/α-hetero) is 1. The molecule has 2 heterocycles. The summed E-state index contributed by atoms with van der Waals surface area (Å²) < 4.78 is 13.9. The molecule has 1 aliphatic carbocycles. The number of rotatable bonds is 4. The Hall–Kier alpha value is -1.88. The van der Waals surface area contributed by atoms with Crippen molar-refractivity contribution in [3.63, 3.8) is 0 Å². The van der Waals surface area contributed by atoms with Gasteiger partial charge >= 0.3 is 0 Å². The summed E-state index contributed by atoms with van der Waals surface area (Å²) in [5, 5.41) is 4.01. The SMILES string of the molecule is CC(C)(CC(=O)C1[C@H]2CNC[C@@H]12)c1ncnc2c(F)cccc12. The van der Waals surface area contributed by atoms with Gasteiger partial charge in [-0.15, -0.1) is 0 Å². The van der Waals surface area contributed by atoms with Crippen molar-refractivity contribution < 1.29 is 9.18 Å². The highest BCUT2D eigenvalue weighted by Gasteiger charge is 2.56. The largest absolute Gasteiger partial charge is 0.316 e. The lowest BCUT2D eigenvalue weighted by Gasteiger charge is -2.25. The Kier molecular flexibility index (Phi) is 3.23. The van der Waals surface area contributed by atoms with Crippen LogP contribution in [-0.2, 0) is 10.2 Å². The number of halogens is 1. The van der Waals surface area contributed by atoms with Crippen LogP contribution in [0.5, 0.6) is 0 Å².